The lowest BCUT2D eigenvalue weighted by Crippen LogP contribution is -2.38. The zero-order valence-corrected chi connectivity index (χ0v) is 20.7. The molecule has 0 aliphatic heterocycles. The van der Waals surface area contributed by atoms with Gasteiger partial charge < -0.3 is 14.9 Å². The molecule has 1 aromatic heterocycles. The van der Waals surface area contributed by atoms with E-state index in [1.807, 2.05) is 54.6 Å². The second-order valence-corrected chi connectivity index (χ2v) is 8.61. The van der Waals surface area contributed by atoms with E-state index in [9.17, 15) is 9.59 Å². The molecule has 0 radical (unpaired) electrons. The normalized spacial score (nSPS) is 11.6. The average Bonchev–Trinajstić information content (AvgIpc) is 3.37. The summed E-state index contributed by atoms with van der Waals surface area (Å²) in [5.74, 6) is -1.38. The fourth-order valence-electron chi connectivity index (χ4n) is 3.88. The zero-order valence-electron chi connectivity index (χ0n) is 19.9. The summed E-state index contributed by atoms with van der Waals surface area (Å²) in [4.78, 5) is 33.2. The highest BCUT2D eigenvalue weighted by Crippen LogP contribution is 2.40. The van der Waals surface area contributed by atoms with Gasteiger partial charge in [-0.2, -0.15) is 0 Å². The molecule has 1 heterocycles. The summed E-state index contributed by atoms with van der Waals surface area (Å²) in [7, 11) is 0. The van der Waals surface area contributed by atoms with Gasteiger partial charge in [-0.25, -0.2) is 14.6 Å². The number of hydrogen-bond acceptors (Lipinski definition) is 8. The molecule has 0 bridgehead atoms. The van der Waals surface area contributed by atoms with Crippen molar-refractivity contribution < 1.29 is 19.2 Å². The van der Waals surface area contributed by atoms with Crippen LogP contribution in [-0.2, 0) is 24.7 Å². The third-order valence-electron chi connectivity index (χ3n) is 5.40. The summed E-state index contributed by atoms with van der Waals surface area (Å²) in [5.41, 5.74) is 2.32. The minimum absolute atomic E-state index is 0.145. The Balaban J connectivity index is 1.84. The number of hydrogen-bond donors (Lipinski definition) is 1. The number of benzene rings is 3. The van der Waals surface area contributed by atoms with Crippen LogP contribution in [0, 0.1) is 0 Å². The number of esters is 1. The molecule has 8 heteroatoms. The molecule has 36 heavy (non-hydrogen) atoms. The van der Waals surface area contributed by atoms with E-state index < -0.39 is 17.5 Å². The van der Waals surface area contributed by atoms with Crippen molar-refractivity contribution in [3.8, 4) is 0 Å². The number of aromatic nitrogens is 1. The second-order valence-electron chi connectivity index (χ2n) is 7.75. The van der Waals surface area contributed by atoms with Crippen molar-refractivity contribution in [3.63, 3.8) is 0 Å². The van der Waals surface area contributed by atoms with E-state index in [1.54, 1.807) is 12.3 Å². The van der Waals surface area contributed by atoms with Gasteiger partial charge in [0.25, 0.3) is 0 Å². The van der Waals surface area contributed by atoms with Crippen molar-refractivity contribution in [3.05, 3.63) is 119 Å². The highest BCUT2D eigenvalue weighted by atomic mass is 32.1. The van der Waals surface area contributed by atoms with Gasteiger partial charge in [0.05, 0.1) is 6.61 Å². The number of anilines is 1. The third-order valence-corrected chi connectivity index (χ3v) is 6.15. The first kappa shape index (κ1) is 24.8. The molecule has 3 aromatic carbocycles. The molecular weight excluding hydrogens is 474 g/mol. The molecule has 0 unspecified atom stereocenters. The number of ether oxygens (including phenoxy) is 1. The van der Waals surface area contributed by atoms with Crippen molar-refractivity contribution in [2.24, 2.45) is 5.16 Å². The monoisotopic (exact) mass is 499 g/mol. The highest BCUT2D eigenvalue weighted by molar-refractivity contribution is 7.14. The topological polar surface area (TPSA) is 89.9 Å². The van der Waals surface area contributed by atoms with Crippen LogP contribution in [0.1, 0.15) is 36.2 Å². The Labute approximate surface area is 213 Å². The van der Waals surface area contributed by atoms with Crippen LogP contribution >= 0.6 is 11.3 Å². The minimum Gasteiger partial charge on any atom is -0.461 e. The lowest BCUT2D eigenvalue weighted by molar-refractivity contribution is -0.141. The Morgan fingerprint density at radius 2 is 1.39 bits per heavy atom. The molecule has 0 atom stereocenters. The number of thiazole rings is 1. The van der Waals surface area contributed by atoms with E-state index in [1.165, 1.54) is 18.3 Å². The molecule has 7 nitrogen and oxygen atoms in total. The molecule has 0 spiro atoms. The third kappa shape index (κ3) is 5.34. The number of carbonyl (C=O) groups is 2. The number of nitrogens with zero attached hydrogens (tertiary/aromatic N) is 2. The predicted octanol–water partition coefficient (Wildman–Crippen LogP) is 5.38. The van der Waals surface area contributed by atoms with Crippen molar-refractivity contribution >= 4 is 34.1 Å². The molecular formula is C28H25N3O4S. The number of carbonyl (C=O) groups excluding carboxylic acids is 2. The van der Waals surface area contributed by atoms with E-state index in [2.05, 4.69) is 51.9 Å². The summed E-state index contributed by atoms with van der Waals surface area (Å²) in [6.45, 7) is 3.03. The van der Waals surface area contributed by atoms with Gasteiger partial charge in [-0.1, -0.05) is 96.2 Å². The van der Waals surface area contributed by atoms with E-state index in [-0.39, 0.29) is 18.0 Å². The molecule has 182 valence electrons. The SMILES string of the molecule is CCOC(=O)C(=NOC(C)=O)c1csc(NC(c2ccccc2)(c2ccccc2)c2ccccc2)n1. The van der Waals surface area contributed by atoms with Crippen LogP contribution in [-0.4, -0.2) is 29.2 Å². The Morgan fingerprint density at radius 3 is 1.83 bits per heavy atom. The van der Waals surface area contributed by atoms with Gasteiger partial charge in [-0.3, -0.25) is 0 Å². The van der Waals surface area contributed by atoms with Crippen molar-refractivity contribution in [1.29, 1.82) is 0 Å². The van der Waals surface area contributed by atoms with Crippen molar-refractivity contribution in [2.75, 3.05) is 11.9 Å². The van der Waals surface area contributed by atoms with Crippen LogP contribution in [0.4, 0.5) is 5.13 Å². The summed E-state index contributed by atoms with van der Waals surface area (Å²) < 4.78 is 5.09. The van der Waals surface area contributed by atoms with Crippen LogP contribution in [0.2, 0.25) is 0 Å². The molecule has 0 aliphatic rings. The van der Waals surface area contributed by atoms with E-state index >= 15 is 0 Å². The van der Waals surface area contributed by atoms with Gasteiger partial charge >= 0.3 is 11.9 Å². The fourth-order valence-corrected chi connectivity index (χ4v) is 4.63. The lowest BCUT2D eigenvalue weighted by Gasteiger charge is -2.36. The van der Waals surface area contributed by atoms with E-state index in [4.69, 9.17) is 9.57 Å². The molecule has 0 saturated carbocycles. The van der Waals surface area contributed by atoms with Gasteiger partial charge in [0.15, 0.2) is 5.13 Å². The lowest BCUT2D eigenvalue weighted by atomic mass is 9.77. The predicted molar refractivity (Wildman–Crippen MR) is 140 cm³/mol. The standard InChI is InChI=1S/C28H25N3O4S/c1-3-34-26(33)25(31-35-20(2)32)24-19-36-27(29-24)30-28(21-13-7-4-8-14-21,22-15-9-5-10-16-22)23-17-11-6-12-18-23/h4-19H,3H2,1-2H3,(H,29,30). The molecule has 0 aliphatic carbocycles. The van der Waals surface area contributed by atoms with Crippen LogP contribution in [0.3, 0.4) is 0 Å². The maximum Gasteiger partial charge on any atom is 0.362 e. The number of nitrogens with one attached hydrogen (secondary N) is 1. The molecule has 0 saturated heterocycles. The zero-order chi connectivity index (χ0) is 25.4. The maximum absolute atomic E-state index is 12.5. The number of rotatable bonds is 9. The first-order valence-corrected chi connectivity index (χ1v) is 12.3. The first-order chi connectivity index (χ1) is 17.5. The second kappa shape index (κ2) is 11.4. The molecule has 0 amide bonds. The van der Waals surface area contributed by atoms with E-state index in [0.29, 0.717) is 5.13 Å². The summed E-state index contributed by atoms with van der Waals surface area (Å²) >= 11 is 1.31. The van der Waals surface area contributed by atoms with Crippen LogP contribution in [0.25, 0.3) is 0 Å². The highest BCUT2D eigenvalue weighted by Gasteiger charge is 2.37. The van der Waals surface area contributed by atoms with Gasteiger partial charge in [-0.15, -0.1) is 11.3 Å². The molecule has 4 rings (SSSR count). The summed E-state index contributed by atoms with van der Waals surface area (Å²) in [6, 6.07) is 30.3. The van der Waals surface area contributed by atoms with E-state index in [0.717, 1.165) is 16.7 Å². The number of oxime groups is 1. The van der Waals surface area contributed by atoms with Gasteiger partial charge in [0.2, 0.25) is 5.71 Å². The van der Waals surface area contributed by atoms with Crippen LogP contribution < -0.4 is 5.32 Å². The Morgan fingerprint density at radius 1 is 0.889 bits per heavy atom. The van der Waals surface area contributed by atoms with Gasteiger partial charge in [0.1, 0.15) is 11.2 Å². The molecule has 4 aromatic rings. The van der Waals surface area contributed by atoms with Crippen LogP contribution in [0.15, 0.2) is 102 Å². The Bertz CT molecular complexity index is 1240. The molecule has 1 N–H and O–H groups in total. The van der Waals surface area contributed by atoms with Crippen molar-refractivity contribution in [2.45, 2.75) is 19.4 Å². The quantitative estimate of drug-likeness (QED) is 0.109. The fraction of sp³-hybridized carbons (Fsp3) is 0.143. The average molecular weight is 500 g/mol. The largest absolute Gasteiger partial charge is 0.461 e. The molecule has 0 fully saturated rings. The Kier molecular flexibility index (Phi) is 7.87. The Hall–Kier alpha value is -4.30. The summed E-state index contributed by atoms with van der Waals surface area (Å²) in [5, 5.41) is 9.57. The van der Waals surface area contributed by atoms with Crippen LogP contribution in [0.5, 0.6) is 0 Å². The maximum atomic E-state index is 12.5. The van der Waals surface area contributed by atoms with Gasteiger partial charge in [0, 0.05) is 12.3 Å². The summed E-state index contributed by atoms with van der Waals surface area (Å²) in [6.07, 6.45) is 0. The van der Waals surface area contributed by atoms with Gasteiger partial charge in [-0.05, 0) is 23.6 Å². The minimum atomic E-state index is -0.782. The smallest absolute Gasteiger partial charge is 0.362 e. The first-order valence-electron chi connectivity index (χ1n) is 11.4. The van der Waals surface area contributed by atoms with Crippen molar-refractivity contribution in [1.82, 2.24) is 4.98 Å².